The Labute approximate surface area is 282 Å². The highest BCUT2D eigenvalue weighted by Crippen LogP contribution is 2.39. The van der Waals surface area contributed by atoms with E-state index in [4.69, 9.17) is 42.1 Å². The van der Waals surface area contributed by atoms with Crippen LogP contribution in [0.2, 0.25) is 0 Å². The Balaban J connectivity index is 1.09. The molecule has 24 heteroatoms. The Kier molecular flexibility index (Phi) is 11.3. The Morgan fingerprint density at radius 2 is 1.15 bits per heavy atom. The van der Waals surface area contributed by atoms with Crippen LogP contribution in [0.3, 0.4) is 0 Å². The van der Waals surface area contributed by atoms with Crippen molar-refractivity contribution < 1.29 is 48.7 Å². The van der Waals surface area contributed by atoms with Gasteiger partial charge in [-0.1, -0.05) is 12.2 Å². The van der Waals surface area contributed by atoms with E-state index in [1.165, 1.54) is 34.4 Å². The average Bonchev–Trinajstić information content (AvgIpc) is 3.83. The summed E-state index contributed by atoms with van der Waals surface area (Å²) in [5, 5.41) is 46.6. The summed E-state index contributed by atoms with van der Waals surface area (Å²) >= 11 is 9.62. The van der Waals surface area contributed by atoms with Crippen molar-refractivity contribution in [2.24, 2.45) is 0 Å². The van der Waals surface area contributed by atoms with Crippen LogP contribution in [0.25, 0.3) is 22.3 Å². The number of ether oxygens (including phenoxy) is 2. The number of fused-ring (bicyclic) bond motifs is 2. The Morgan fingerprint density at radius 3 is 1.52 bits per heavy atom. The molecule has 2 aliphatic heterocycles. The highest BCUT2D eigenvalue weighted by Gasteiger charge is 2.47. The van der Waals surface area contributed by atoms with E-state index in [2.05, 4.69) is 40.5 Å². The van der Waals surface area contributed by atoms with Crippen molar-refractivity contribution >= 4 is 71.9 Å². The molecular formula is C24H32N10O10P2S2. The van der Waals surface area contributed by atoms with E-state index in [0.29, 0.717) is 47.1 Å². The summed E-state index contributed by atoms with van der Waals surface area (Å²) in [5.74, 6) is 0.861. The zero-order valence-electron chi connectivity index (χ0n) is 24.6. The maximum absolute atomic E-state index is 10.5. The number of aliphatic hydroxyl groups is 4. The number of hydrogen-bond acceptors (Lipinski definition) is 18. The van der Waals surface area contributed by atoms with Gasteiger partial charge >= 0.3 is 0 Å². The van der Waals surface area contributed by atoms with Gasteiger partial charge in [0.1, 0.15) is 49.3 Å². The molecular weight excluding hydrogens is 714 g/mol. The zero-order valence-corrected chi connectivity index (χ0v) is 28.3. The molecule has 2 aliphatic rings. The van der Waals surface area contributed by atoms with E-state index in [-0.39, 0.29) is 0 Å². The third kappa shape index (κ3) is 7.14. The summed E-state index contributed by atoms with van der Waals surface area (Å²) in [6.07, 6.45) is 0.934. The Morgan fingerprint density at radius 1 is 0.729 bits per heavy atom. The fourth-order valence-electron chi connectivity index (χ4n) is 5.49. The molecule has 4 aromatic heterocycles. The molecule has 0 spiro atoms. The van der Waals surface area contributed by atoms with E-state index in [9.17, 15) is 30.2 Å². The number of hydrogen-bond donors (Lipinski definition) is 8. The number of imidazole rings is 2. The zero-order chi connectivity index (χ0) is 33.9. The van der Waals surface area contributed by atoms with Crippen LogP contribution in [-0.4, -0.2) is 132 Å². The van der Waals surface area contributed by atoms with Crippen LogP contribution < -0.4 is 10.6 Å². The van der Waals surface area contributed by atoms with Gasteiger partial charge in [-0.2, -0.15) is 0 Å². The number of anilines is 2. The van der Waals surface area contributed by atoms with Crippen molar-refractivity contribution in [3.05, 3.63) is 37.5 Å². The second-order valence-corrected chi connectivity index (χ2v) is 14.1. The van der Waals surface area contributed by atoms with E-state index in [1.54, 1.807) is 0 Å². The van der Waals surface area contributed by atoms with Crippen molar-refractivity contribution in [3.8, 4) is 0 Å². The van der Waals surface area contributed by atoms with Gasteiger partial charge in [-0.05, 0) is 23.6 Å². The number of rotatable bonds is 14. The van der Waals surface area contributed by atoms with Crippen molar-refractivity contribution in [3.63, 3.8) is 0 Å². The quantitative estimate of drug-likeness (QED) is 0.0528. The molecule has 4 aromatic rings. The van der Waals surface area contributed by atoms with E-state index >= 15 is 0 Å². The Bertz CT molecular complexity index is 1690. The molecule has 0 aliphatic carbocycles. The van der Waals surface area contributed by atoms with Gasteiger partial charge in [0.25, 0.3) is 0 Å². The van der Waals surface area contributed by atoms with Crippen molar-refractivity contribution in [2.45, 2.75) is 49.1 Å². The van der Waals surface area contributed by atoms with Crippen LogP contribution in [0.1, 0.15) is 12.5 Å². The maximum atomic E-state index is 10.5. The molecule has 48 heavy (non-hydrogen) atoms. The minimum absolute atomic E-state index is 0.365. The van der Waals surface area contributed by atoms with Gasteiger partial charge in [-0.3, -0.25) is 9.13 Å². The van der Waals surface area contributed by atoms with Gasteiger partial charge in [-0.25, -0.2) is 29.9 Å². The monoisotopic (exact) mass is 746 g/mol. The molecule has 0 amide bonds. The number of aromatic nitrogens is 8. The predicted molar refractivity (Wildman–Crippen MR) is 176 cm³/mol. The van der Waals surface area contributed by atoms with Gasteiger partial charge in [0, 0.05) is 13.1 Å². The molecule has 6 heterocycles. The lowest BCUT2D eigenvalue weighted by Gasteiger charge is -2.21. The molecule has 260 valence electrons. The molecule has 5 unspecified atom stereocenters. The third-order valence-corrected chi connectivity index (χ3v) is 9.19. The lowest BCUT2D eigenvalue weighted by molar-refractivity contribution is -0.0483. The van der Waals surface area contributed by atoms with Crippen molar-refractivity contribution in [1.29, 1.82) is 0 Å². The van der Waals surface area contributed by atoms with Crippen LogP contribution in [0, 0.1) is 0 Å². The topological polar surface area (TPSA) is 270 Å². The Hall–Kier alpha value is -2.66. The first-order valence-corrected chi connectivity index (χ1v) is 19.3. The van der Waals surface area contributed by atoms with Gasteiger partial charge < -0.3 is 59.4 Å². The second-order valence-electron chi connectivity index (χ2n) is 10.5. The van der Waals surface area contributed by atoms with Crippen LogP contribution in [0.4, 0.5) is 11.6 Å². The molecule has 20 nitrogen and oxygen atoms in total. The van der Waals surface area contributed by atoms with Gasteiger partial charge in [0.05, 0.1) is 25.9 Å². The van der Waals surface area contributed by atoms with Gasteiger partial charge in [0.15, 0.2) is 60.7 Å². The highest BCUT2D eigenvalue weighted by atomic mass is 32.4. The second kappa shape index (κ2) is 15.5. The van der Waals surface area contributed by atoms with Crippen LogP contribution in [0.15, 0.2) is 37.5 Å². The molecule has 0 bridgehead atoms. The average molecular weight is 747 g/mol. The fourth-order valence-corrected chi connectivity index (χ4v) is 7.13. The molecule has 6 rings (SSSR count). The normalized spacial score (nSPS) is 28.9. The molecule has 0 aromatic carbocycles. The molecule has 2 saturated heterocycles. The maximum Gasteiger partial charge on any atom is 0.173 e. The van der Waals surface area contributed by atoms with E-state index in [1.807, 2.05) is 12.2 Å². The lowest BCUT2D eigenvalue weighted by Crippen LogP contribution is -2.34. The largest absolute Gasteiger partial charge is 0.394 e. The first kappa shape index (κ1) is 35.2. The number of aliphatic hydroxyl groups excluding tert-OH is 4. The molecule has 0 radical (unpaired) electrons. The van der Waals surface area contributed by atoms with Crippen molar-refractivity contribution in [1.82, 2.24) is 39.0 Å². The third-order valence-electron chi connectivity index (χ3n) is 7.67. The van der Waals surface area contributed by atoms with Gasteiger partial charge in [-0.15, -0.1) is 0 Å². The number of nitrogens with zero attached hydrogens (tertiary/aromatic N) is 8. The van der Waals surface area contributed by atoms with E-state index in [0.717, 1.165) is 0 Å². The molecule has 0 saturated carbocycles. The molecule has 8 N–H and O–H groups in total. The van der Waals surface area contributed by atoms with E-state index < -0.39 is 76.6 Å². The minimum atomic E-state index is -2.60. The van der Waals surface area contributed by atoms with Crippen LogP contribution in [-0.2, 0) is 42.1 Å². The molecule has 10 atom stereocenters. The summed E-state index contributed by atoms with van der Waals surface area (Å²) in [6.45, 7) is -0.199. The van der Waals surface area contributed by atoms with Crippen molar-refractivity contribution in [2.75, 3.05) is 36.9 Å². The summed E-state index contributed by atoms with van der Waals surface area (Å²) in [7, 11) is -5.20. The van der Waals surface area contributed by atoms with Crippen LogP contribution >= 0.6 is 14.3 Å². The SMILES string of the molecule is OCC1OC(n2cnc3c(NC/C=C/CNc4ncnc5c4ncn5C4O[C@H](CO)[C@@H](O)[C@H]4O[PH](O)=S)ncnc32)[C@H](O[PH](O)=S)[C@@H]1O. The lowest BCUT2D eigenvalue weighted by atomic mass is 10.1. The molecule has 2 fully saturated rings. The highest BCUT2D eigenvalue weighted by molar-refractivity contribution is 8.00. The summed E-state index contributed by atoms with van der Waals surface area (Å²) in [6, 6.07) is 0. The summed E-state index contributed by atoms with van der Waals surface area (Å²) in [4.78, 5) is 45.3. The minimum Gasteiger partial charge on any atom is -0.394 e. The summed E-state index contributed by atoms with van der Waals surface area (Å²) in [5.41, 5.74) is 1.58. The predicted octanol–water partition coefficient (Wildman–Crippen LogP) is -1.69. The van der Waals surface area contributed by atoms with Gasteiger partial charge in [0.2, 0.25) is 0 Å². The number of nitrogens with one attached hydrogen (secondary N) is 2. The summed E-state index contributed by atoms with van der Waals surface area (Å²) < 4.78 is 25.4. The van der Waals surface area contributed by atoms with Crippen LogP contribution in [0.5, 0.6) is 0 Å². The fraction of sp³-hybridized carbons (Fsp3) is 0.500. The first-order chi connectivity index (χ1) is 23.2. The standard InChI is InChI=1S/C24H32N10O10P2S2/c35-5-11-15(37)17(43-45(39)47)23(41-11)33-9-31-13-19(27-7-29-21(13)33)25-3-1-2-4-26-20-14-22(30-8-28-20)34(10-32-14)24-18(44-46(40)48)16(38)12(6-36)42-24/h1-2,7-12,15-18,23-24,35-38,45-46H,3-6H2,(H,39,47)(H,40,48)(H,25,27,29)(H,26,28,30)/b2-1+/t11-,12?,15-,16-,17-,18-,23?,24?/m1/s1. The first-order valence-electron chi connectivity index (χ1n) is 14.4. The smallest absolute Gasteiger partial charge is 0.173 e.